The fourth-order valence-corrected chi connectivity index (χ4v) is 2.93. The van der Waals surface area contributed by atoms with Crippen LogP contribution in [0.5, 0.6) is 17.2 Å². The number of hydrogen-bond donors (Lipinski definition) is 2. The van der Waals surface area contributed by atoms with Crippen molar-refractivity contribution in [3.05, 3.63) is 53.6 Å². The summed E-state index contributed by atoms with van der Waals surface area (Å²) in [4.78, 5) is 6.44. The highest BCUT2D eigenvalue weighted by atomic mass is 127. The lowest BCUT2D eigenvalue weighted by Crippen LogP contribution is -2.39. The number of guanidine groups is 1. The second-order valence-corrected chi connectivity index (χ2v) is 6.29. The van der Waals surface area contributed by atoms with Gasteiger partial charge in [0.1, 0.15) is 5.75 Å². The molecule has 0 radical (unpaired) electrons. The minimum absolute atomic E-state index is 0. The van der Waals surface area contributed by atoms with E-state index in [4.69, 9.17) is 9.47 Å². The van der Waals surface area contributed by atoms with Crippen molar-refractivity contribution in [1.82, 2.24) is 10.2 Å². The van der Waals surface area contributed by atoms with E-state index in [0.717, 1.165) is 49.0 Å². The number of phenolic OH excluding ortho intramolecular Hbond substituents is 1. The van der Waals surface area contributed by atoms with Crippen LogP contribution < -0.4 is 14.8 Å². The van der Waals surface area contributed by atoms with Gasteiger partial charge in [-0.05, 0) is 48.2 Å². The monoisotopic (exact) mass is 483 g/mol. The van der Waals surface area contributed by atoms with Crippen LogP contribution in [-0.2, 0) is 13.0 Å². The first-order valence-electron chi connectivity index (χ1n) is 8.74. The Morgan fingerprint density at radius 3 is 2.56 bits per heavy atom. The summed E-state index contributed by atoms with van der Waals surface area (Å²) in [6.45, 7) is 1.85. The first-order valence-corrected chi connectivity index (χ1v) is 8.74. The molecule has 146 valence electrons. The molecule has 7 heteroatoms. The zero-order valence-electron chi connectivity index (χ0n) is 15.6. The predicted octanol–water partition coefficient (Wildman–Crippen LogP) is 3.38. The highest BCUT2D eigenvalue weighted by Gasteiger charge is 2.14. The number of rotatable bonds is 6. The van der Waals surface area contributed by atoms with Gasteiger partial charge in [-0.1, -0.05) is 18.2 Å². The molecule has 2 aromatic carbocycles. The van der Waals surface area contributed by atoms with Gasteiger partial charge >= 0.3 is 0 Å². The Kier molecular flexibility index (Phi) is 8.02. The molecule has 0 saturated heterocycles. The van der Waals surface area contributed by atoms with E-state index >= 15 is 0 Å². The molecular weight excluding hydrogens is 457 g/mol. The Morgan fingerprint density at radius 2 is 1.81 bits per heavy atom. The molecule has 27 heavy (non-hydrogen) atoms. The Hall–Kier alpha value is -2.16. The number of phenols is 1. The summed E-state index contributed by atoms with van der Waals surface area (Å²) in [5, 5.41) is 12.7. The quantitative estimate of drug-likeness (QED) is 0.286. The average Bonchev–Trinajstić information content (AvgIpc) is 3.11. The Balaban J connectivity index is 0.00000261. The van der Waals surface area contributed by atoms with E-state index in [1.54, 1.807) is 19.2 Å². The molecule has 1 heterocycles. The maximum absolute atomic E-state index is 9.32. The molecule has 2 N–H and O–H groups in total. The summed E-state index contributed by atoms with van der Waals surface area (Å²) in [6.07, 6.45) is 1.94. The van der Waals surface area contributed by atoms with E-state index in [1.807, 2.05) is 37.4 Å². The zero-order valence-corrected chi connectivity index (χ0v) is 18.0. The molecule has 0 spiro atoms. The molecule has 0 fully saturated rings. The highest BCUT2D eigenvalue weighted by molar-refractivity contribution is 14.0. The molecule has 0 aromatic heterocycles. The number of halogens is 1. The van der Waals surface area contributed by atoms with Crippen molar-refractivity contribution in [3.63, 3.8) is 0 Å². The van der Waals surface area contributed by atoms with Crippen LogP contribution in [0.4, 0.5) is 0 Å². The second kappa shape index (κ2) is 10.2. The number of hydrogen-bond acceptors (Lipinski definition) is 4. The van der Waals surface area contributed by atoms with E-state index in [2.05, 4.69) is 15.2 Å². The topological polar surface area (TPSA) is 66.3 Å². The van der Waals surface area contributed by atoms with E-state index < -0.39 is 0 Å². The number of aryl methyl sites for hydroxylation is 1. The van der Waals surface area contributed by atoms with Crippen LogP contribution >= 0.6 is 24.0 Å². The summed E-state index contributed by atoms with van der Waals surface area (Å²) in [7, 11) is 3.80. The van der Waals surface area contributed by atoms with Crippen LogP contribution in [0.15, 0.2) is 47.5 Å². The van der Waals surface area contributed by atoms with Crippen molar-refractivity contribution in [1.29, 1.82) is 0 Å². The van der Waals surface area contributed by atoms with Gasteiger partial charge in [-0.2, -0.15) is 0 Å². The highest BCUT2D eigenvalue weighted by Crippen LogP contribution is 2.32. The predicted molar refractivity (Wildman–Crippen MR) is 117 cm³/mol. The second-order valence-electron chi connectivity index (χ2n) is 6.29. The van der Waals surface area contributed by atoms with Crippen LogP contribution in [0.1, 0.15) is 17.5 Å². The number of aromatic hydroxyl groups is 1. The SMILES string of the molecule is CN=C(NCCCc1ccc(O)cc1)N(C)Cc1ccc2c(c1)OCO2.I. The van der Waals surface area contributed by atoms with Crippen LogP contribution in [0.3, 0.4) is 0 Å². The standard InChI is InChI=1S/C20H25N3O3.HI/c1-21-20(22-11-3-4-15-5-8-17(24)9-6-15)23(2)13-16-7-10-18-19(12-16)26-14-25-18;/h5-10,12,24H,3-4,11,13-14H2,1-2H3,(H,21,22);1H. The zero-order chi connectivity index (χ0) is 18.4. The van der Waals surface area contributed by atoms with Gasteiger partial charge in [-0.15, -0.1) is 24.0 Å². The summed E-state index contributed by atoms with van der Waals surface area (Å²) in [6, 6.07) is 13.4. The Labute approximate surface area is 177 Å². The third-order valence-corrected chi connectivity index (χ3v) is 4.29. The van der Waals surface area contributed by atoms with Gasteiger partial charge in [0.25, 0.3) is 0 Å². The molecule has 0 bridgehead atoms. The lowest BCUT2D eigenvalue weighted by molar-refractivity contribution is 0.174. The lowest BCUT2D eigenvalue weighted by Gasteiger charge is -2.22. The van der Waals surface area contributed by atoms with Crippen molar-refractivity contribution in [2.45, 2.75) is 19.4 Å². The summed E-state index contributed by atoms with van der Waals surface area (Å²) < 4.78 is 10.8. The molecule has 1 aliphatic rings. The van der Waals surface area contributed by atoms with Gasteiger partial charge in [0.05, 0.1) is 0 Å². The van der Waals surface area contributed by atoms with Crippen LogP contribution in [0, 0.1) is 0 Å². The lowest BCUT2D eigenvalue weighted by atomic mass is 10.1. The number of benzene rings is 2. The molecule has 6 nitrogen and oxygen atoms in total. The van der Waals surface area contributed by atoms with Crippen molar-refractivity contribution < 1.29 is 14.6 Å². The maximum Gasteiger partial charge on any atom is 0.231 e. The molecule has 2 aromatic rings. The van der Waals surface area contributed by atoms with Crippen molar-refractivity contribution in [2.75, 3.05) is 27.4 Å². The van der Waals surface area contributed by atoms with Gasteiger partial charge in [0.2, 0.25) is 6.79 Å². The third-order valence-electron chi connectivity index (χ3n) is 4.29. The van der Waals surface area contributed by atoms with Gasteiger partial charge in [0, 0.05) is 27.2 Å². The van der Waals surface area contributed by atoms with Crippen LogP contribution in [0.2, 0.25) is 0 Å². The van der Waals surface area contributed by atoms with Crippen LogP contribution in [-0.4, -0.2) is 43.4 Å². The van der Waals surface area contributed by atoms with Crippen LogP contribution in [0.25, 0.3) is 0 Å². The summed E-state index contributed by atoms with van der Waals surface area (Å²) in [5.74, 6) is 2.76. The number of ether oxygens (including phenoxy) is 2. The fourth-order valence-electron chi connectivity index (χ4n) is 2.93. The molecule has 0 amide bonds. The van der Waals surface area contributed by atoms with Gasteiger partial charge in [-0.25, -0.2) is 0 Å². The molecule has 1 aliphatic heterocycles. The normalized spacial score (nSPS) is 12.4. The third kappa shape index (κ3) is 5.92. The van der Waals surface area contributed by atoms with Crippen molar-refractivity contribution >= 4 is 29.9 Å². The molecule has 0 saturated carbocycles. The van der Waals surface area contributed by atoms with Crippen molar-refractivity contribution in [3.8, 4) is 17.2 Å². The molecule has 0 unspecified atom stereocenters. The Morgan fingerprint density at radius 1 is 1.11 bits per heavy atom. The average molecular weight is 483 g/mol. The molecular formula is C20H26IN3O3. The van der Waals surface area contributed by atoms with E-state index in [0.29, 0.717) is 12.5 Å². The minimum Gasteiger partial charge on any atom is -0.508 e. The first kappa shape index (κ1) is 21.1. The van der Waals surface area contributed by atoms with E-state index in [1.165, 1.54) is 5.56 Å². The number of aliphatic imine (C=N–C) groups is 1. The largest absolute Gasteiger partial charge is 0.508 e. The molecule has 0 aliphatic carbocycles. The van der Waals surface area contributed by atoms with Gasteiger partial charge in [-0.3, -0.25) is 4.99 Å². The maximum atomic E-state index is 9.32. The van der Waals surface area contributed by atoms with Crippen molar-refractivity contribution in [2.24, 2.45) is 4.99 Å². The molecule has 3 rings (SSSR count). The number of fused-ring (bicyclic) bond motifs is 1. The van der Waals surface area contributed by atoms with Gasteiger partial charge < -0.3 is 24.8 Å². The van der Waals surface area contributed by atoms with E-state index in [-0.39, 0.29) is 24.0 Å². The summed E-state index contributed by atoms with van der Waals surface area (Å²) >= 11 is 0. The fraction of sp³-hybridized carbons (Fsp3) is 0.350. The smallest absolute Gasteiger partial charge is 0.231 e. The number of nitrogens with one attached hydrogen (secondary N) is 1. The number of nitrogens with zero attached hydrogens (tertiary/aromatic N) is 2. The van der Waals surface area contributed by atoms with Gasteiger partial charge in [0.15, 0.2) is 17.5 Å². The first-order chi connectivity index (χ1) is 12.7. The van der Waals surface area contributed by atoms with E-state index in [9.17, 15) is 5.11 Å². The minimum atomic E-state index is 0. The Bertz CT molecular complexity index is 766. The molecule has 0 atom stereocenters. The summed E-state index contributed by atoms with van der Waals surface area (Å²) in [5.41, 5.74) is 2.36.